The standard InChI is InChI=1S/C17H17N3OS/c1-20-11-14(12-6-4-3-5-7-12)16(19-17(20)22)13-8-9-15(21-2)18-10-13/h3-11,16H,1-2H3,(H,19,22). The zero-order valence-electron chi connectivity index (χ0n) is 12.5. The maximum atomic E-state index is 5.38. The number of nitrogens with zero attached hydrogens (tertiary/aromatic N) is 2. The van der Waals surface area contributed by atoms with Crippen LogP contribution in [-0.4, -0.2) is 29.2 Å². The van der Waals surface area contributed by atoms with Crippen LogP contribution < -0.4 is 10.1 Å². The highest BCUT2D eigenvalue weighted by molar-refractivity contribution is 7.80. The van der Waals surface area contributed by atoms with Gasteiger partial charge < -0.3 is 15.0 Å². The number of aromatic nitrogens is 1. The third-order valence-electron chi connectivity index (χ3n) is 3.64. The van der Waals surface area contributed by atoms with Crippen LogP contribution in [0.1, 0.15) is 17.2 Å². The average molecular weight is 311 g/mol. The van der Waals surface area contributed by atoms with Crippen LogP contribution in [0.15, 0.2) is 54.9 Å². The van der Waals surface area contributed by atoms with Gasteiger partial charge >= 0.3 is 0 Å². The summed E-state index contributed by atoms with van der Waals surface area (Å²) >= 11 is 5.38. The zero-order valence-corrected chi connectivity index (χ0v) is 13.3. The fourth-order valence-electron chi connectivity index (χ4n) is 2.46. The van der Waals surface area contributed by atoms with Crippen molar-refractivity contribution < 1.29 is 4.74 Å². The minimum atomic E-state index is -0.0236. The number of ether oxygens (including phenoxy) is 1. The van der Waals surface area contributed by atoms with Gasteiger partial charge in [-0.2, -0.15) is 0 Å². The number of nitrogens with one attached hydrogen (secondary N) is 1. The Kier molecular flexibility index (Phi) is 4.06. The van der Waals surface area contributed by atoms with Gasteiger partial charge in [-0.05, 0) is 29.4 Å². The van der Waals surface area contributed by atoms with E-state index in [2.05, 4.69) is 28.6 Å². The van der Waals surface area contributed by atoms with Crippen LogP contribution in [0.3, 0.4) is 0 Å². The number of hydrogen-bond acceptors (Lipinski definition) is 3. The fraction of sp³-hybridized carbons (Fsp3) is 0.176. The van der Waals surface area contributed by atoms with Gasteiger partial charge in [-0.25, -0.2) is 4.98 Å². The Morgan fingerprint density at radius 3 is 2.59 bits per heavy atom. The van der Waals surface area contributed by atoms with Crippen LogP contribution in [0.4, 0.5) is 0 Å². The number of benzene rings is 1. The molecule has 0 fully saturated rings. The number of pyridine rings is 1. The van der Waals surface area contributed by atoms with Gasteiger partial charge in [0, 0.05) is 31.1 Å². The van der Waals surface area contributed by atoms with Crippen molar-refractivity contribution in [2.45, 2.75) is 6.04 Å². The van der Waals surface area contributed by atoms with Crippen molar-refractivity contribution in [3.05, 3.63) is 66.0 Å². The number of hydrogen-bond donors (Lipinski definition) is 1. The Morgan fingerprint density at radius 2 is 1.95 bits per heavy atom. The first-order valence-corrected chi connectivity index (χ1v) is 7.40. The van der Waals surface area contributed by atoms with Crippen LogP contribution in [-0.2, 0) is 0 Å². The molecule has 0 bridgehead atoms. The van der Waals surface area contributed by atoms with E-state index in [9.17, 15) is 0 Å². The summed E-state index contributed by atoms with van der Waals surface area (Å²) in [6, 6.07) is 14.1. The second-order valence-corrected chi connectivity index (χ2v) is 5.46. The molecule has 1 aromatic carbocycles. The molecule has 3 rings (SSSR count). The topological polar surface area (TPSA) is 37.4 Å². The molecule has 0 radical (unpaired) electrons. The second-order valence-electron chi connectivity index (χ2n) is 5.08. The van der Waals surface area contributed by atoms with Gasteiger partial charge in [0.05, 0.1) is 13.2 Å². The molecule has 2 aromatic rings. The highest BCUT2D eigenvalue weighted by atomic mass is 32.1. The fourth-order valence-corrected chi connectivity index (χ4v) is 2.63. The van der Waals surface area contributed by atoms with Gasteiger partial charge in [-0.3, -0.25) is 0 Å². The monoisotopic (exact) mass is 311 g/mol. The molecule has 112 valence electrons. The summed E-state index contributed by atoms with van der Waals surface area (Å²) in [6.07, 6.45) is 3.89. The van der Waals surface area contributed by atoms with Crippen LogP contribution >= 0.6 is 12.2 Å². The molecule has 0 aliphatic carbocycles. The van der Waals surface area contributed by atoms with E-state index in [0.29, 0.717) is 11.0 Å². The quantitative estimate of drug-likeness (QED) is 0.882. The largest absolute Gasteiger partial charge is 0.481 e. The van der Waals surface area contributed by atoms with Gasteiger partial charge in [0.15, 0.2) is 5.11 Å². The molecule has 0 amide bonds. The minimum absolute atomic E-state index is 0.0236. The van der Waals surface area contributed by atoms with Crippen molar-refractivity contribution in [3.8, 4) is 5.88 Å². The van der Waals surface area contributed by atoms with Crippen molar-refractivity contribution >= 4 is 22.9 Å². The van der Waals surface area contributed by atoms with E-state index in [-0.39, 0.29) is 6.04 Å². The Bertz CT molecular complexity index is 698. The smallest absolute Gasteiger partial charge is 0.212 e. The molecule has 1 N–H and O–H groups in total. The lowest BCUT2D eigenvalue weighted by molar-refractivity contribution is 0.397. The summed E-state index contributed by atoms with van der Waals surface area (Å²) < 4.78 is 5.13. The van der Waals surface area contributed by atoms with E-state index < -0.39 is 0 Å². The normalized spacial score (nSPS) is 17.7. The van der Waals surface area contributed by atoms with Gasteiger partial charge in [-0.1, -0.05) is 30.3 Å². The van der Waals surface area contributed by atoms with Crippen molar-refractivity contribution in [2.24, 2.45) is 0 Å². The highest BCUT2D eigenvalue weighted by Crippen LogP contribution is 2.33. The minimum Gasteiger partial charge on any atom is -0.481 e. The predicted molar refractivity (Wildman–Crippen MR) is 91.4 cm³/mol. The van der Waals surface area contributed by atoms with E-state index in [0.717, 1.165) is 16.7 Å². The van der Waals surface area contributed by atoms with Crippen molar-refractivity contribution in [1.29, 1.82) is 0 Å². The highest BCUT2D eigenvalue weighted by Gasteiger charge is 2.25. The van der Waals surface area contributed by atoms with E-state index in [1.165, 1.54) is 0 Å². The summed E-state index contributed by atoms with van der Waals surface area (Å²) in [5.41, 5.74) is 3.36. The summed E-state index contributed by atoms with van der Waals surface area (Å²) in [5, 5.41) is 4.07. The van der Waals surface area contributed by atoms with E-state index in [1.807, 2.05) is 48.5 Å². The number of methoxy groups -OCH3 is 1. The first kappa shape index (κ1) is 14.5. The lowest BCUT2D eigenvalue weighted by atomic mass is 9.93. The number of rotatable bonds is 3. The zero-order chi connectivity index (χ0) is 15.5. The molecule has 0 spiro atoms. The Hall–Kier alpha value is -2.40. The van der Waals surface area contributed by atoms with Crippen LogP contribution in [0.25, 0.3) is 5.57 Å². The Morgan fingerprint density at radius 1 is 1.18 bits per heavy atom. The van der Waals surface area contributed by atoms with Gasteiger partial charge in [0.1, 0.15) is 0 Å². The van der Waals surface area contributed by atoms with Gasteiger partial charge in [0.2, 0.25) is 5.88 Å². The molecule has 2 heterocycles. The molecule has 0 saturated carbocycles. The van der Waals surface area contributed by atoms with Crippen LogP contribution in [0, 0.1) is 0 Å². The molecule has 1 aromatic heterocycles. The van der Waals surface area contributed by atoms with E-state index in [1.54, 1.807) is 7.11 Å². The lowest BCUT2D eigenvalue weighted by Crippen LogP contribution is -2.41. The van der Waals surface area contributed by atoms with E-state index in [4.69, 9.17) is 17.0 Å². The maximum Gasteiger partial charge on any atom is 0.212 e. The molecular formula is C17H17N3OS. The third-order valence-corrected chi connectivity index (χ3v) is 4.05. The molecule has 0 saturated heterocycles. The first-order valence-electron chi connectivity index (χ1n) is 6.99. The molecule has 5 heteroatoms. The van der Waals surface area contributed by atoms with Crippen LogP contribution in [0.5, 0.6) is 5.88 Å². The molecule has 1 atom stereocenters. The molecule has 22 heavy (non-hydrogen) atoms. The van der Waals surface area contributed by atoms with Crippen LogP contribution in [0.2, 0.25) is 0 Å². The summed E-state index contributed by atoms with van der Waals surface area (Å²) in [6.45, 7) is 0. The molecule has 1 aliphatic rings. The first-order chi connectivity index (χ1) is 10.7. The molecule has 1 unspecified atom stereocenters. The Balaban J connectivity index is 2.02. The van der Waals surface area contributed by atoms with Gasteiger partial charge in [-0.15, -0.1) is 0 Å². The van der Waals surface area contributed by atoms with Crippen molar-refractivity contribution in [3.63, 3.8) is 0 Å². The SMILES string of the molecule is COc1ccc(C2NC(=S)N(C)C=C2c2ccccc2)cn1. The molecule has 4 nitrogen and oxygen atoms in total. The molecule has 1 aliphatic heterocycles. The van der Waals surface area contributed by atoms with Gasteiger partial charge in [0.25, 0.3) is 0 Å². The second kappa shape index (κ2) is 6.15. The average Bonchev–Trinajstić information content (AvgIpc) is 2.58. The summed E-state index contributed by atoms with van der Waals surface area (Å²) in [4.78, 5) is 6.22. The van der Waals surface area contributed by atoms with E-state index >= 15 is 0 Å². The number of thiocarbonyl (C=S) groups is 1. The predicted octanol–water partition coefficient (Wildman–Crippen LogP) is 2.99. The third kappa shape index (κ3) is 2.80. The summed E-state index contributed by atoms with van der Waals surface area (Å²) in [5.74, 6) is 0.601. The molecular weight excluding hydrogens is 294 g/mol. The lowest BCUT2D eigenvalue weighted by Gasteiger charge is -2.32. The summed E-state index contributed by atoms with van der Waals surface area (Å²) in [7, 11) is 3.56. The maximum absolute atomic E-state index is 5.38. The van der Waals surface area contributed by atoms with Crippen molar-refractivity contribution in [1.82, 2.24) is 15.2 Å². The Labute approximate surface area is 135 Å². The van der Waals surface area contributed by atoms with Crippen molar-refractivity contribution in [2.75, 3.05) is 14.2 Å².